The number of hydrogen-bond donors (Lipinski definition) is 1. The molecule has 0 bridgehead atoms. The van der Waals surface area contributed by atoms with E-state index in [2.05, 4.69) is 0 Å². The summed E-state index contributed by atoms with van der Waals surface area (Å²) in [4.78, 5) is 9.00. The molecule has 0 aliphatic carbocycles. The average Bonchev–Trinajstić information content (AvgIpc) is 0.811. The minimum absolute atomic E-state index is 0. The molecule has 5 heavy (non-hydrogen) atoms. The molecule has 4 heteroatoms. The molecular formula is CH4AlAsO2. The maximum atomic E-state index is 9.00. The van der Waals surface area contributed by atoms with E-state index in [0.29, 0.717) is 0 Å². The number of carbonyl (C=O) groups is 1. The van der Waals surface area contributed by atoms with E-state index in [1.165, 1.54) is 0 Å². The predicted molar refractivity (Wildman–Crippen MR) is 23.7 cm³/mol. The van der Waals surface area contributed by atoms with Crippen LogP contribution in [0.15, 0.2) is 0 Å². The Hall–Kier alpha value is 0.561. The summed E-state index contributed by atoms with van der Waals surface area (Å²) in [6.45, 7) is 0. The maximum Gasteiger partial charge on any atom is 0.146 e. The minimum atomic E-state index is -0.833. The van der Waals surface area contributed by atoms with Gasteiger partial charge >= 0.3 is 31.5 Å². The van der Waals surface area contributed by atoms with Gasteiger partial charge in [0.15, 0.2) is 0 Å². The van der Waals surface area contributed by atoms with Gasteiger partial charge in [0, 0.05) is 0 Å². The first-order valence-corrected chi connectivity index (χ1v) is 1.73. The van der Waals surface area contributed by atoms with Crippen molar-refractivity contribution in [2.75, 3.05) is 0 Å². The van der Waals surface area contributed by atoms with Crippen LogP contribution in [-0.2, 0) is 0 Å². The van der Waals surface area contributed by atoms with Crippen LogP contribution in [0.2, 0.25) is 0 Å². The van der Waals surface area contributed by atoms with E-state index in [-0.39, 0.29) is 17.4 Å². The van der Waals surface area contributed by atoms with Crippen LogP contribution in [0, 0.1) is 0 Å². The molecule has 0 fully saturated rings. The third kappa shape index (κ3) is 95.1. The quantitative estimate of drug-likeness (QED) is 0.433. The summed E-state index contributed by atoms with van der Waals surface area (Å²) in [5.41, 5.74) is 0. The molecule has 0 aromatic carbocycles. The fourth-order valence-corrected chi connectivity index (χ4v) is 0. The topological polar surface area (TPSA) is 37.3 Å². The fourth-order valence-electron chi connectivity index (χ4n) is 0. The van der Waals surface area contributed by atoms with Crippen LogP contribution in [0.4, 0.5) is 4.79 Å². The second kappa shape index (κ2) is 4.56. The second-order valence-electron chi connectivity index (χ2n) is 0.305. The number of hydrogen-bond acceptors (Lipinski definition) is 1. The van der Waals surface area contributed by atoms with E-state index in [4.69, 9.17) is 9.90 Å². The molecule has 0 spiro atoms. The van der Waals surface area contributed by atoms with Gasteiger partial charge in [0.1, 0.15) is 17.4 Å². The van der Waals surface area contributed by atoms with Crippen LogP contribution in [-0.4, -0.2) is 44.1 Å². The van der Waals surface area contributed by atoms with Crippen molar-refractivity contribution in [3.63, 3.8) is 0 Å². The molecule has 0 aliphatic heterocycles. The molecule has 0 saturated carbocycles. The molecule has 2 radical (unpaired) electrons. The van der Waals surface area contributed by atoms with Gasteiger partial charge in [-0.1, -0.05) is 0 Å². The van der Waals surface area contributed by atoms with E-state index in [1.807, 2.05) is 0 Å². The van der Waals surface area contributed by atoms with E-state index in [0.717, 1.165) is 16.9 Å². The van der Waals surface area contributed by atoms with Crippen LogP contribution in [0.3, 0.4) is 0 Å². The van der Waals surface area contributed by atoms with E-state index in [9.17, 15) is 0 Å². The van der Waals surface area contributed by atoms with Gasteiger partial charge in [0.2, 0.25) is 0 Å². The first-order valence-electron chi connectivity index (χ1n) is 0.678. The summed E-state index contributed by atoms with van der Waals surface area (Å²) in [7, 11) is 0. The molecular weight excluding hydrogens is 146 g/mol. The summed E-state index contributed by atoms with van der Waals surface area (Å²) >= 11 is 1.08. The van der Waals surface area contributed by atoms with E-state index < -0.39 is 4.76 Å². The maximum absolute atomic E-state index is 9.00. The van der Waals surface area contributed by atoms with Crippen molar-refractivity contribution < 1.29 is 9.90 Å². The summed E-state index contributed by atoms with van der Waals surface area (Å²) in [6.07, 6.45) is 0. The Morgan fingerprint density at radius 2 is 1.80 bits per heavy atom. The van der Waals surface area contributed by atoms with Crippen LogP contribution in [0.1, 0.15) is 0 Å². The third-order valence-electron chi connectivity index (χ3n) is 0. The fraction of sp³-hybridized carbons (Fsp3) is 0. The first-order chi connectivity index (χ1) is 1.73. The van der Waals surface area contributed by atoms with Gasteiger partial charge in [0.05, 0.1) is 0 Å². The van der Waals surface area contributed by atoms with Crippen LogP contribution in [0.25, 0.3) is 0 Å². The van der Waals surface area contributed by atoms with Crippen LogP contribution < -0.4 is 0 Å². The van der Waals surface area contributed by atoms with Crippen LogP contribution >= 0.6 is 0 Å². The van der Waals surface area contributed by atoms with Crippen molar-refractivity contribution in [2.45, 2.75) is 0 Å². The molecule has 0 aromatic heterocycles. The van der Waals surface area contributed by atoms with Crippen molar-refractivity contribution in [1.82, 2.24) is 0 Å². The molecule has 0 unspecified atom stereocenters. The van der Waals surface area contributed by atoms with Crippen molar-refractivity contribution >= 4 is 39.0 Å². The standard InChI is InChI=1S/CH2AsO2.Al.2H/c2-1(3)4;;;/h2H,(H,3,4);;;. The Labute approximate surface area is 49.2 Å². The average molecular weight is 150 g/mol. The summed E-state index contributed by atoms with van der Waals surface area (Å²) in [5.74, 6) is 0. The van der Waals surface area contributed by atoms with E-state index >= 15 is 0 Å². The Morgan fingerprint density at radius 1 is 1.80 bits per heavy atom. The SMILES string of the molecule is O=C(O)[AsH].[AlH2]. The smallest absolute Gasteiger partial charge is 0.146 e. The second-order valence-corrected chi connectivity index (χ2v) is 1.20. The van der Waals surface area contributed by atoms with Crippen molar-refractivity contribution in [3.05, 3.63) is 0 Å². The van der Waals surface area contributed by atoms with Gasteiger partial charge in [0.25, 0.3) is 0 Å². The molecule has 28 valence electrons. The molecule has 0 amide bonds. The van der Waals surface area contributed by atoms with Gasteiger partial charge in [-0.05, 0) is 0 Å². The van der Waals surface area contributed by atoms with Crippen molar-refractivity contribution in [3.8, 4) is 0 Å². The van der Waals surface area contributed by atoms with Gasteiger partial charge in [-0.15, -0.1) is 0 Å². The van der Waals surface area contributed by atoms with Crippen molar-refractivity contribution in [1.29, 1.82) is 0 Å². The van der Waals surface area contributed by atoms with Gasteiger partial charge in [-0.3, -0.25) is 0 Å². The summed E-state index contributed by atoms with van der Waals surface area (Å²) in [6, 6.07) is 0. The molecule has 0 atom stereocenters. The Kier molecular flexibility index (Phi) is 8.32. The zero-order valence-corrected chi connectivity index (χ0v) is 6.95. The van der Waals surface area contributed by atoms with Gasteiger partial charge < -0.3 is 0 Å². The van der Waals surface area contributed by atoms with E-state index in [1.54, 1.807) is 0 Å². The molecule has 0 aliphatic rings. The Morgan fingerprint density at radius 3 is 1.80 bits per heavy atom. The normalized spacial score (nSPS) is 5.00. The largest absolute Gasteiger partial charge is 0.146 e. The van der Waals surface area contributed by atoms with Crippen molar-refractivity contribution in [2.24, 2.45) is 0 Å². The first kappa shape index (κ1) is 9.12. The Bertz CT molecular complexity index is 32.6. The summed E-state index contributed by atoms with van der Waals surface area (Å²) in [5, 5.41) is 7.42. The zero-order valence-electron chi connectivity index (χ0n) is 2.86. The molecule has 0 aromatic rings. The molecule has 1 N–H and O–H groups in total. The van der Waals surface area contributed by atoms with Gasteiger partial charge in [-0.25, -0.2) is 0 Å². The zero-order chi connectivity index (χ0) is 3.58. The molecule has 0 saturated heterocycles. The molecule has 0 heterocycles. The van der Waals surface area contributed by atoms with Gasteiger partial charge in [-0.2, -0.15) is 0 Å². The molecule has 0 rings (SSSR count). The molecule has 2 nitrogen and oxygen atoms in total. The van der Waals surface area contributed by atoms with Crippen LogP contribution in [0.5, 0.6) is 0 Å². The predicted octanol–water partition coefficient (Wildman–Crippen LogP) is -1.35. The summed E-state index contributed by atoms with van der Waals surface area (Å²) < 4.78 is -0.833. The number of rotatable bonds is 0. The number of carboxylic acid groups (broad SMARTS) is 1. The third-order valence-corrected chi connectivity index (χ3v) is 0. The minimum Gasteiger partial charge on any atom is 0.146 e. The monoisotopic (exact) mass is 150 g/mol. The Balaban J connectivity index is 0.